The first-order valence-corrected chi connectivity index (χ1v) is 6.96. The zero-order valence-corrected chi connectivity index (χ0v) is 12.7. The van der Waals surface area contributed by atoms with Gasteiger partial charge in [0.1, 0.15) is 0 Å². The van der Waals surface area contributed by atoms with Crippen LogP contribution in [0.25, 0.3) is 0 Å². The molecule has 1 saturated heterocycles. The fourth-order valence-corrected chi connectivity index (χ4v) is 2.67. The third kappa shape index (κ3) is 2.59. The van der Waals surface area contributed by atoms with Gasteiger partial charge in [0.15, 0.2) is 0 Å². The van der Waals surface area contributed by atoms with Gasteiger partial charge < -0.3 is 4.90 Å². The van der Waals surface area contributed by atoms with Crippen LogP contribution in [0.4, 0.5) is 0 Å². The minimum Gasteiger partial charge on any atom is -0.335 e. The summed E-state index contributed by atoms with van der Waals surface area (Å²) in [5.74, 6) is 0.114. The third-order valence-corrected chi connectivity index (χ3v) is 4.40. The Balaban J connectivity index is 2.18. The van der Waals surface area contributed by atoms with Crippen LogP contribution in [0.1, 0.15) is 24.2 Å². The molecule has 3 nitrogen and oxygen atoms in total. The second-order valence-corrected chi connectivity index (χ2v) is 6.29. The predicted octanol–water partition coefficient (Wildman–Crippen LogP) is 2.62. The molecular formula is C14H19BrN2O. The maximum atomic E-state index is 12.5. The number of piperazine rings is 1. The average molecular weight is 311 g/mol. The van der Waals surface area contributed by atoms with Crippen molar-refractivity contribution < 1.29 is 4.79 Å². The summed E-state index contributed by atoms with van der Waals surface area (Å²) in [4.78, 5) is 16.7. The number of rotatable bonds is 1. The van der Waals surface area contributed by atoms with E-state index < -0.39 is 0 Å². The van der Waals surface area contributed by atoms with Crippen molar-refractivity contribution in [3.63, 3.8) is 0 Å². The first-order chi connectivity index (χ1) is 8.42. The van der Waals surface area contributed by atoms with Gasteiger partial charge >= 0.3 is 0 Å². The molecular weight excluding hydrogens is 292 g/mol. The number of benzene rings is 1. The Morgan fingerprint density at radius 3 is 2.56 bits per heavy atom. The van der Waals surface area contributed by atoms with Crippen LogP contribution in [-0.2, 0) is 0 Å². The highest BCUT2D eigenvalue weighted by Crippen LogP contribution is 2.23. The summed E-state index contributed by atoms with van der Waals surface area (Å²) in [5, 5.41) is 0. The van der Waals surface area contributed by atoms with E-state index in [0.29, 0.717) is 0 Å². The van der Waals surface area contributed by atoms with E-state index in [1.165, 1.54) is 0 Å². The maximum absolute atomic E-state index is 12.5. The smallest absolute Gasteiger partial charge is 0.255 e. The molecule has 1 aromatic rings. The Kier molecular flexibility index (Phi) is 3.78. The second-order valence-electron chi connectivity index (χ2n) is 5.44. The van der Waals surface area contributed by atoms with Crippen LogP contribution in [0, 0.1) is 0 Å². The lowest BCUT2D eigenvalue weighted by molar-refractivity contribution is 0.0311. The number of carbonyl (C=O) groups is 1. The molecule has 1 aliphatic heterocycles. The lowest BCUT2D eigenvalue weighted by Crippen LogP contribution is -2.58. The van der Waals surface area contributed by atoms with Gasteiger partial charge in [-0.3, -0.25) is 9.69 Å². The van der Waals surface area contributed by atoms with Crippen LogP contribution >= 0.6 is 15.9 Å². The summed E-state index contributed by atoms with van der Waals surface area (Å²) in [6.45, 7) is 6.83. The molecule has 1 fully saturated rings. The van der Waals surface area contributed by atoms with Gasteiger partial charge in [-0.05, 0) is 49.0 Å². The molecule has 0 atom stereocenters. The second kappa shape index (κ2) is 5.02. The number of halogens is 1. The van der Waals surface area contributed by atoms with Crippen molar-refractivity contribution >= 4 is 21.8 Å². The molecule has 0 radical (unpaired) electrons. The maximum Gasteiger partial charge on any atom is 0.255 e. The number of likely N-dealkylation sites (N-methyl/N-ethyl adjacent to an activating group) is 1. The molecule has 1 aromatic carbocycles. The van der Waals surface area contributed by atoms with Crippen LogP contribution in [0.5, 0.6) is 0 Å². The molecule has 0 aliphatic carbocycles. The molecule has 0 N–H and O–H groups in total. The Bertz CT molecular complexity index is 459. The van der Waals surface area contributed by atoms with E-state index in [1.807, 2.05) is 29.2 Å². The molecule has 0 bridgehead atoms. The molecule has 1 heterocycles. The molecule has 18 heavy (non-hydrogen) atoms. The highest BCUT2D eigenvalue weighted by molar-refractivity contribution is 9.10. The Hall–Kier alpha value is -0.870. The zero-order valence-electron chi connectivity index (χ0n) is 11.1. The van der Waals surface area contributed by atoms with E-state index in [2.05, 4.69) is 41.7 Å². The quantitative estimate of drug-likeness (QED) is 0.796. The summed E-state index contributed by atoms with van der Waals surface area (Å²) in [6, 6.07) is 7.61. The largest absolute Gasteiger partial charge is 0.335 e. The fourth-order valence-electron chi connectivity index (χ4n) is 2.22. The molecule has 4 heteroatoms. The fraction of sp³-hybridized carbons (Fsp3) is 0.500. The molecule has 2 rings (SSSR count). The Morgan fingerprint density at radius 2 is 1.94 bits per heavy atom. The van der Waals surface area contributed by atoms with Crippen molar-refractivity contribution in [3.8, 4) is 0 Å². The minimum absolute atomic E-state index is 0.0369. The Morgan fingerprint density at radius 1 is 1.28 bits per heavy atom. The van der Waals surface area contributed by atoms with Crippen molar-refractivity contribution in [1.82, 2.24) is 9.80 Å². The van der Waals surface area contributed by atoms with Crippen molar-refractivity contribution in [2.75, 3.05) is 26.7 Å². The summed E-state index contributed by atoms with van der Waals surface area (Å²) in [7, 11) is 2.11. The topological polar surface area (TPSA) is 23.6 Å². The van der Waals surface area contributed by atoms with Gasteiger partial charge in [-0.1, -0.05) is 12.1 Å². The molecule has 0 saturated carbocycles. The summed E-state index contributed by atoms with van der Waals surface area (Å²) in [5.41, 5.74) is 0.785. The summed E-state index contributed by atoms with van der Waals surface area (Å²) >= 11 is 3.45. The normalized spacial score (nSPS) is 19.9. The van der Waals surface area contributed by atoms with Crippen molar-refractivity contribution in [1.29, 1.82) is 0 Å². The Labute approximate surface area is 117 Å². The summed E-state index contributed by atoms with van der Waals surface area (Å²) in [6.07, 6.45) is 0. The third-order valence-electron chi connectivity index (χ3n) is 3.71. The SMILES string of the molecule is CN1CCN(C(=O)c2ccccc2Br)CC1(C)C. The standard InChI is InChI=1S/C14H19BrN2O/c1-14(2)10-17(9-8-16(14)3)13(18)11-6-4-5-7-12(11)15/h4-7H,8-10H2,1-3H3. The van der Waals surface area contributed by atoms with Crippen molar-refractivity contribution in [3.05, 3.63) is 34.3 Å². The molecule has 0 spiro atoms. The highest BCUT2D eigenvalue weighted by Gasteiger charge is 2.33. The first kappa shape index (κ1) is 13.6. The molecule has 0 unspecified atom stereocenters. The van der Waals surface area contributed by atoms with Gasteiger partial charge in [0, 0.05) is 29.6 Å². The van der Waals surface area contributed by atoms with Crippen LogP contribution < -0.4 is 0 Å². The number of hydrogen-bond acceptors (Lipinski definition) is 2. The van der Waals surface area contributed by atoms with Gasteiger partial charge in [-0.25, -0.2) is 0 Å². The lowest BCUT2D eigenvalue weighted by atomic mass is 9.99. The van der Waals surface area contributed by atoms with Gasteiger partial charge in [0.25, 0.3) is 5.91 Å². The zero-order chi connectivity index (χ0) is 13.3. The van der Waals surface area contributed by atoms with E-state index in [1.54, 1.807) is 0 Å². The van der Waals surface area contributed by atoms with Gasteiger partial charge in [-0.2, -0.15) is 0 Å². The predicted molar refractivity (Wildman–Crippen MR) is 76.8 cm³/mol. The van der Waals surface area contributed by atoms with Crippen molar-refractivity contribution in [2.24, 2.45) is 0 Å². The van der Waals surface area contributed by atoms with E-state index in [4.69, 9.17) is 0 Å². The number of hydrogen-bond donors (Lipinski definition) is 0. The monoisotopic (exact) mass is 310 g/mol. The number of amides is 1. The minimum atomic E-state index is 0.0369. The molecule has 1 aliphatic rings. The van der Waals surface area contributed by atoms with Gasteiger partial charge in [0.05, 0.1) is 5.56 Å². The van der Waals surface area contributed by atoms with Crippen LogP contribution in [0.2, 0.25) is 0 Å². The summed E-state index contributed by atoms with van der Waals surface area (Å²) < 4.78 is 0.867. The van der Waals surface area contributed by atoms with Crippen LogP contribution in [0.15, 0.2) is 28.7 Å². The highest BCUT2D eigenvalue weighted by atomic mass is 79.9. The number of carbonyl (C=O) groups excluding carboxylic acids is 1. The van der Waals surface area contributed by atoms with Crippen LogP contribution in [-0.4, -0.2) is 47.9 Å². The van der Waals surface area contributed by atoms with E-state index in [-0.39, 0.29) is 11.4 Å². The van der Waals surface area contributed by atoms with E-state index in [9.17, 15) is 4.79 Å². The number of nitrogens with zero attached hydrogens (tertiary/aromatic N) is 2. The first-order valence-electron chi connectivity index (χ1n) is 6.17. The van der Waals surface area contributed by atoms with Crippen LogP contribution in [0.3, 0.4) is 0 Å². The molecule has 1 amide bonds. The van der Waals surface area contributed by atoms with Gasteiger partial charge in [0.2, 0.25) is 0 Å². The van der Waals surface area contributed by atoms with E-state index >= 15 is 0 Å². The van der Waals surface area contributed by atoms with E-state index in [0.717, 1.165) is 29.7 Å². The average Bonchev–Trinajstić information content (AvgIpc) is 2.32. The lowest BCUT2D eigenvalue weighted by Gasteiger charge is -2.45. The molecule has 0 aromatic heterocycles. The van der Waals surface area contributed by atoms with Crippen molar-refractivity contribution in [2.45, 2.75) is 19.4 Å². The molecule has 98 valence electrons. The van der Waals surface area contributed by atoms with Gasteiger partial charge in [-0.15, -0.1) is 0 Å².